The summed E-state index contributed by atoms with van der Waals surface area (Å²) in [4.78, 5) is 16.0. The molecule has 0 saturated carbocycles. The van der Waals surface area contributed by atoms with Gasteiger partial charge in [0.25, 0.3) is 0 Å². The van der Waals surface area contributed by atoms with Crippen LogP contribution in [0.2, 0.25) is 0 Å². The van der Waals surface area contributed by atoms with E-state index in [2.05, 4.69) is 0 Å². The van der Waals surface area contributed by atoms with Crippen LogP contribution in [0.1, 0.15) is 6.92 Å². The van der Waals surface area contributed by atoms with Gasteiger partial charge in [0.05, 0.1) is 0 Å². The summed E-state index contributed by atoms with van der Waals surface area (Å²) in [5, 5.41) is 0. The monoisotopic (exact) mass is 134 g/mol. The van der Waals surface area contributed by atoms with Gasteiger partial charge in [0.2, 0.25) is 0 Å². The van der Waals surface area contributed by atoms with Gasteiger partial charge < -0.3 is 9.79 Å². The molecule has 0 spiro atoms. The zero-order chi connectivity index (χ0) is 4.28. The molecule has 0 unspecified atom stereocenters. The van der Waals surface area contributed by atoms with E-state index < -0.39 is 8.38 Å². The summed E-state index contributed by atoms with van der Waals surface area (Å²) in [6.07, 6.45) is 0.481. The Morgan fingerprint density at radius 2 is 1.67 bits per heavy atom. The van der Waals surface area contributed by atoms with E-state index in [-0.39, 0.29) is 51.4 Å². The Kier molecular flexibility index (Phi) is 12.7. The standard InChI is InChI=1S/C2H7O2P.K.H/c1-2-5(3)4;;/h3-4H,2H2,1H3;;. The van der Waals surface area contributed by atoms with Crippen molar-refractivity contribution in [3.63, 3.8) is 0 Å². The summed E-state index contributed by atoms with van der Waals surface area (Å²) >= 11 is 0. The van der Waals surface area contributed by atoms with Crippen molar-refractivity contribution in [2.45, 2.75) is 6.92 Å². The summed E-state index contributed by atoms with van der Waals surface area (Å²) in [7, 11) is -1.60. The van der Waals surface area contributed by atoms with Crippen LogP contribution in [0.5, 0.6) is 0 Å². The van der Waals surface area contributed by atoms with Crippen LogP contribution in [-0.4, -0.2) is 67.3 Å². The van der Waals surface area contributed by atoms with Gasteiger partial charge in [-0.25, -0.2) is 0 Å². The Labute approximate surface area is 81.3 Å². The fraction of sp³-hybridized carbons (Fsp3) is 1.00. The van der Waals surface area contributed by atoms with Crippen LogP contribution in [0.15, 0.2) is 0 Å². The van der Waals surface area contributed by atoms with E-state index in [9.17, 15) is 0 Å². The summed E-state index contributed by atoms with van der Waals surface area (Å²) in [5.74, 6) is 0. The van der Waals surface area contributed by atoms with E-state index in [1.165, 1.54) is 0 Å². The van der Waals surface area contributed by atoms with Crippen molar-refractivity contribution in [3.05, 3.63) is 0 Å². The van der Waals surface area contributed by atoms with Gasteiger partial charge in [-0.3, -0.25) is 0 Å². The second kappa shape index (κ2) is 6.99. The van der Waals surface area contributed by atoms with E-state index in [0.29, 0.717) is 6.16 Å². The van der Waals surface area contributed by atoms with Gasteiger partial charge in [-0.2, -0.15) is 0 Å². The third kappa shape index (κ3) is 9.37. The van der Waals surface area contributed by atoms with Gasteiger partial charge in [0, 0.05) is 6.16 Å². The molecule has 6 heavy (non-hydrogen) atoms. The molecule has 2 nitrogen and oxygen atoms in total. The Morgan fingerprint density at radius 1 is 1.50 bits per heavy atom. The van der Waals surface area contributed by atoms with Crippen LogP contribution in [0.4, 0.5) is 0 Å². The molecule has 0 aromatic rings. The average molecular weight is 134 g/mol. The predicted molar refractivity (Wildman–Crippen MR) is 29.0 cm³/mol. The van der Waals surface area contributed by atoms with Crippen LogP contribution in [-0.2, 0) is 0 Å². The van der Waals surface area contributed by atoms with E-state index in [1.807, 2.05) is 0 Å². The van der Waals surface area contributed by atoms with E-state index in [1.54, 1.807) is 6.92 Å². The van der Waals surface area contributed by atoms with Crippen LogP contribution in [0.25, 0.3) is 0 Å². The van der Waals surface area contributed by atoms with E-state index in [4.69, 9.17) is 9.79 Å². The molecule has 0 aromatic carbocycles. The molecule has 34 valence electrons. The van der Waals surface area contributed by atoms with E-state index in [0.717, 1.165) is 0 Å². The minimum absolute atomic E-state index is 0. The SMILES string of the molecule is CCP(O)O.[KH]. The third-order valence-electron chi connectivity index (χ3n) is 0.283. The van der Waals surface area contributed by atoms with Gasteiger partial charge in [-0.15, -0.1) is 0 Å². The van der Waals surface area contributed by atoms with Gasteiger partial charge >= 0.3 is 51.4 Å². The zero-order valence-corrected chi connectivity index (χ0v) is 3.94. The molecule has 2 N–H and O–H groups in total. The Morgan fingerprint density at radius 3 is 1.67 bits per heavy atom. The predicted octanol–water partition coefficient (Wildman–Crippen LogP) is -0.346. The van der Waals surface area contributed by atoms with Crippen molar-refractivity contribution in [3.8, 4) is 0 Å². The first kappa shape index (κ1) is 10.9. The maximum atomic E-state index is 7.98. The van der Waals surface area contributed by atoms with Crippen molar-refractivity contribution in [2.75, 3.05) is 6.16 Å². The Bertz CT molecular complexity index is 25.5. The van der Waals surface area contributed by atoms with Crippen molar-refractivity contribution in [2.24, 2.45) is 0 Å². The van der Waals surface area contributed by atoms with Crippen molar-refractivity contribution in [1.82, 2.24) is 0 Å². The molecule has 0 rings (SSSR count). The molecule has 4 heteroatoms. The minimum atomic E-state index is -1.60. The number of rotatable bonds is 1. The Balaban J connectivity index is 0. The molecular weight excluding hydrogens is 126 g/mol. The number of hydrogen-bond donors (Lipinski definition) is 2. The van der Waals surface area contributed by atoms with E-state index >= 15 is 0 Å². The van der Waals surface area contributed by atoms with Crippen molar-refractivity contribution >= 4 is 59.8 Å². The first-order valence-corrected chi connectivity index (χ1v) is 2.86. The molecule has 0 aliphatic heterocycles. The van der Waals surface area contributed by atoms with Crippen LogP contribution >= 0.6 is 8.38 Å². The van der Waals surface area contributed by atoms with Crippen molar-refractivity contribution in [1.29, 1.82) is 0 Å². The van der Waals surface area contributed by atoms with Gasteiger partial charge in [0.15, 0.2) is 8.38 Å². The first-order chi connectivity index (χ1) is 2.27. The first-order valence-electron chi connectivity index (χ1n) is 1.42. The third-order valence-corrected chi connectivity index (χ3v) is 0.849. The Hall–Kier alpha value is 1.99. The maximum absolute atomic E-state index is 7.98. The van der Waals surface area contributed by atoms with Gasteiger partial charge in [-0.05, 0) is 0 Å². The summed E-state index contributed by atoms with van der Waals surface area (Å²) in [6, 6.07) is 0. The second-order valence-corrected chi connectivity index (χ2v) is 2.07. The summed E-state index contributed by atoms with van der Waals surface area (Å²) in [6.45, 7) is 1.73. The molecule has 0 aromatic heterocycles. The van der Waals surface area contributed by atoms with Crippen LogP contribution in [0, 0.1) is 0 Å². The van der Waals surface area contributed by atoms with Gasteiger partial charge in [-0.1, -0.05) is 6.92 Å². The van der Waals surface area contributed by atoms with Crippen LogP contribution in [0.3, 0.4) is 0 Å². The molecular formula is C2H8KO2P. The fourth-order valence-electron chi connectivity index (χ4n) is 0. The average Bonchev–Trinajstić information content (AvgIpc) is 1.38. The normalized spacial score (nSPS) is 8.00. The quantitative estimate of drug-likeness (QED) is 0.380. The summed E-state index contributed by atoms with van der Waals surface area (Å²) in [5.41, 5.74) is 0. The van der Waals surface area contributed by atoms with Crippen molar-refractivity contribution < 1.29 is 9.79 Å². The molecule has 0 aliphatic carbocycles. The van der Waals surface area contributed by atoms with Gasteiger partial charge in [0.1, 0.15) is 0 Å². The fourth-order valence-corrected chi connectivity index (χ4v) is 0. The molecule has 0 saturated heterocycles. The molecule has 0 bridgehead atoms. The second-order valence-electron chi connectivity index (χ2n) is 0.689. The molecule has 0 amide bonds. The topological polar surface area (TPSA) is 40.5 Å². The summed E-state index contributed by atoms with van der Waals surface area (Å²) < 4.78 is 0. The molecule has 0 radical (unpaired) electrons. The molecule has 0 heterocycles. The molecule has 0 aliphatic rings. The van der Waals surface area contributed by atoms with Crippen LogP contribution < -0.4 is 0 Å². The zero-order valence-electron chi connectivity index (χ0n) is 3.05. The molecule has 0 fully saturated rings. The number of hydrogen-bond acceptors (Lipinski definition) is 2. The molecule has 0 atom stereocenters.